The molecule has 0 spiro atoms. The highest BCUT2D eigenvalue weighted by Crippen LogP contribution is 2.61. The molecule has 5 aliphatic carbocycles. The number of hydrogen-bond acceptors (Lipinski definition) is 1. The van der Waals surface area contributed by atoms with Crippen molar-refractivity contribution >= 4 is 5.91 Å². The van der Waals surface area contributed by atoms with Crippen molar-refractivity contribution < 1.29 is 4.79 Å². The van der Waals surface area contributed by atoms with Crippen LogP contribution >= 0.6 is 0 Å². The van der Waals surface area contributed by atoms with Crippen LogP contribution in [0.5, 0.6) is 0 Å². The quantitative estimate of drug-likeness (QED) is 0.822. The first-order chi connectivity index (χ1) is 10.1. The van der Waals surface area contributed by atoms with Crippen LogP contribution in [-0.4, -0.2) is 11.9 Å². The summed E-state index contributed by atoms with van der Waals surface area (Å²) in [6.07, 6.45) is 14.7. The fourth-order valence-electron chi connectivity index (χ4n) is 6.64. The van der Waals surface area contributed by atoms with Crippen molar-refractivity contribution in [2.75, 3.05) is 0 Å². The number of carbonyl (C=O) groups is 1. The molecule has 1 N–H and O–H groups in total. The molecule has 5 rings (SSSR count). The Bertz CT molecular complexity index is 375. The lowest BCUT2D eigenvalue weighted by molar-refractivity contribution is -0.126. The lowest BCUT2D eigenvalue weighted by Gasteiger charge is -2.59. The molecule has 5 fully saturated rings. The zero-order valence-corrected chi connectivity index (χ0v) is 13.6. The summed E-state index contributed by atoms with van der Waals surface area (Å²) in [6.45, 7) is 2.31. The smallest absolute Gasteiger partial charge is 0.220 e. The summed E-state index contributed by atoms with van der Waals surface area (Å²) < 4.78 is 0. The normalized spacial score (nSPS) is 43.2. The van der Waals surface area contributed by atoms with Gasteiger partial charge in [0.1, 0.15) is 0 Å². The van der Waals surface area contributed by atoms with E-state index < -0.39 is 0 Å². The number of amides is 1. The Balaban J connectivity index is 1.38. The molecule has 1 amide bonds. The van der Waals surface area contributed by atoms with Crippen LogP contribution < -0.4 is 5.32 Å². The molecule has 0 aromatic rings. The van der Waals surface area contributed by atoms with Crippen molar-refractivity contribution in [1.29, 1.82) is 0 Å². The first-order valence-electron chi connectivity index (χ1n) is 9.42. The van der Waals surface area contributed by atoms with Crippen molar-refractivity contribution in [3.8, 4) is 0 Å². The van der Waals surface area contributed by atoms with Gasteiger partial charge >= 0.3 is 0 Å². The topological polar surface area (TPSA) is 29.1 Å². The Morgan fingerprint density at radius 3 is 2.10 bits per heavy atom. The molecule has 21 heavy (non-hydrogen) atoms. The average molecular weight is 289 g/mol. The van der Waals surface area contributed by atoms with E-state index in [1.807, 2.05) is 0 Å². The van der Waals surface area contributed by atoms with E-state index in [2.05, 4.69) is 12.2 Å². The van der Waals surface area contributed by atoms with Gasteiger partial charge in [-0.25, -0.2) is 0 Å². The zero-order chi connectivity index (χ0) is 14.4. The van der Waals surface area contributed by atoms with E-state index in [-0.39, 0.29) is 0 Å². The first kappa shape index (κ1) is 14.1. The maximum absolute atomic E-state index is 12.4. The zero-order valence-electron chi connectivity index (χ0n) is 13.6. The standard InChI is InChI=1S/C19H31NO/c1-13(20-18(21)9-14-4-2-3-5-14)19-10-15-6-16(11-19)8-17(7-15)12-19/h13-17H,2-12H2,1H3,(H,20,21)/t13-,15?,16?,17?,19?/m0/s1. The van der Waals surface area contributed by atoms with E-state index in [1.54, 1.807) is 0 Å². The SMILES string of the molecule is C[C@H](NC(=O)CC1CCCC1)C12CC3CC(CC(C3)C1)C2. The fraction of sp³-hybridized carbons (Fsp3) is 0.947. The van der Waals surface area contributed by atoms with Crippen molar-refractivity contribution in [2.45, 2.75) is 83.6 Å². The van der Waals surface area contributed by atoms with Gasteiger partial charge < -0.3 is 5.32 Å². The molecular weight excluding hydrogens is 258 g/mol. The maximum Gasteiger partial charge on any atom is 0.220 e. The van der Waals surface area contributed by atoms with Gasteiger partial charge in [0.2, 0.25) is 5.91 Å². The van der Waals surface area contributed by atoms with E-state index in [9.17, 15) is 4.79 Å². The lowest BCUT2D eigenvalue weighted by atomic mass is 9.48. The van der Waals surface area contributed by atoms with E-state index in [4.69, 9.17) is 0 Å². The Kier molecular flexibility index (Phi) is 3.54. The number of carbonyl (C=O) groups excluding carboxylic acids is 1. The van der Waals surface area contributed by atoms with Gasteiger partial charge in [-0.05, 0) is 87.4 Å². The summed E-state index contributed by atoms with van der Waals surface area (Å²) in [5, 5.41) is 3.42. The number of hydrogen-bond donors (Lipinski definition) is 1. The van der Waals surface area contributed by atoms with Gasteiger partial charge in [-0.3, -0.25) is 4.79 Å². The Morgan fingerprint density at radius 1 is 1.05 bits per heavy atom. The van der Waals surface area contributed by atoms with Crippen LogP contribution in [0, 0.1) is 29.1 Å². The second-order valence-corrected chi connectivity index (χ2v) is 8.92. The van der Waals surface area contributed by atoms with Crippen LogP contribution in [0.25, 0.3) is 0 Å². The van der Waals surface area contributed by atoms with Gasteiger partial charge in [0.25, 0.3) is 0 Å². The molecule has 1 atom stereocenters. The van der Waals surface area contributed by atoms with Crippen LogP contribution in [0.3, 0.4) is 0 Å². The number of nitrogens with one attached hydrogen (secondary N) is 1. The van der Waals surface area contributed by atoms with Gasteiger partial charge in [0.05, 0.1) is 0 Å². The molecule has 2 nitrogen and oxygen atoms in total. The maximum atomic E-state index is 12.4. The van der Waals surface area contributed by atoms with Gasteiger partial charge in [0, 0.05) is 12.5 Å². The molecule has 5 aliphatic rings. The van der Waals surface area contributed by atoms with Crippen molar-refractivity contribution in [3.63, 3.8) is 0 Å². The van der Waals surface area contributed by atoms with Gasteiger partial charge in [0.15, 0.2) is 0 Å². The molecule has 0 saturated heterocycles. The van der Waals surface area contributed by atoms with E-state index >= 15 is 0 Å². The van der Waals surface area contributed by atoms with Crippen molar-refractivity contribution in [3.05, 3.63) is 0 Å². The Morgan fingerprint density at radius 2 is 1.57 bits per heavy atom. The molecule has 0 aromatic carbocycles. The van der Waals surface area contributed by atoms with Crippen molar-refractivity contribution in [2.24, 2.45) is 29.1 Å². The highest BCUT2D eigenvalue weighted by Gasteiger charge is 2.53. The van der Waals surface area contributed by atoms with Crippen molar-refractivity contribution in [1.82, 2.24) is 5.32 Å². The Hall–Kier alpha value is -0.530. The summed E-state index contributed by atoms with van der Waals surface area (Å²) in [4.78, 5) is 12.4. The minimum atomic E-state index is 0.338. The minimum absolute atomic E-state index is 0.338. The number of rotatable bonds is 4. The summed E-state index contributed by atoms with van der Waals surface area (Å²) in [7, 11) is 0. The third-order valence-electron chi connectivity index (χ3n) is 7.33. The van der Waals surface area contributed by atoms with Crippen LogP contribution in [0.2, 0.25) is 0 Å². The Labute approximate surface area is 129 Å². The summed E-state index contributed by atoms with van der Waals surface area (Å²) in [5.74, 6) is 3.94. The molecule has 0 heterocycles. The summed E-state index contributed by atoms with van der Waals surface area (Å²) >= 11 is 0. The highest BCUT2D eigenvalue weighted by molar-refractivity contribution is 5.76. The monoisotopic (exact) mass is 289 g/mol. The average Bonchev–Trinajstić information content (AvgIpc) is 2.89. The largest absolute Gasteiger partial charge is 0.353 e. The highest BCUT2D eigenvalue weighted by atomic mass is 16.1. The minimum Gasteiger partial charge on any atom is -0.353 e. The summed E-state index contributed by atoms with van der Waals surface area (Å²) in [5.41, 5.74) is 0.458. The summed E-state index contributed by atoms with van der Waals surface area (Å²) in [6, 6.07) is 0.403. The van der Waals surface area contributed by atoms with Crippen LogP contribution in [0.1, 0.15) is 77.6 Å². The van der Waals surface area contributed by atoms with E-state index in [0.717, 1.165) is 24.2 Å². The molecule has 0 radical (unpaired) electrons. The predicted octanol–water partition coefficient (Wildman–Crippen LogP) is 4.29. The molecule has 0 aromatic heterocycles. The van der Waals surface area contributed by atoms with E-state index in [1.165, 1.54) is 64.2 Å². The fourth-order valence-corrected chi connectivity index (χ4v) is 6.64. The third kappa shape index (κ3) is 2.64. The van der Waals surface area contributed by atoms with Crippen LogP contribution in [0.15, 0.2) is 0 Å². The second-order valence-electron chi connectivity index (χ2n) is 8.92. The first-order valence-corrected chi connectivity index (χ1v) is 9.42. The molecule has 118 valence electrons. The molecule has 2 heteroatoms. The van der Waals surface area contributed by atoms with E-state index in [0.29, 0.717) is 23.3 Å². The molecule has 5 saturated carbocycles. The molecular formula is C19H31NO. The van der Waals surface area contributed by atoms with Gasteiger partial charge in [-0.2, -0.15) is 0 Å². The van der Waals surface area contributed by atoms with Crippen LogP contribution in [0.4, 0.5) is 0 Å². The molecule has 0 aliphatic heterocycles. The third-order valence-corrected chi connectivity index (χ3v) is 7.33. The molecule has 4 bridgehead atoms. The van der Waals surface area contributed by atoms with Crippen LogP contribution in [-0.2, 0) is 4.79 Å². The lowest BCUT2D eigenvalue weighted by Crippen LogP contribution is -2.55. The van der Waals surface area contributed by atoms with Gasteiger partial charge in [-0.15, -0.1) is 0 Å². The predicted molar refractivity (Wildman–Crippen MR) is 84.8 cm³/mol. The molecule has 0 unspecified atom stereocenters. The van der Waals surface area contributed by atoms with Gasteiger partial charge in [-0.1, -0.05) is 12.8 Å². The second kappa shape index (κ2) is 5.28.